The fraction of sp³-hybridized carbons (Fsp3) is 0.667. The van der Waals surface area contributed by atoms with E-state index in [1.807, 2.05) is 12.1 Å². The highest BCUT2D eigenvalue weighted by Gasteiger charge is 2.24. The first-order chi connectivity index (χ1) is 10.2. The second kappa shape index (κ2) is 8.50. The zero-order valence-corrected chi connectivity index (χ0v) is 13.4. The molecule has 3 heteroatoms. The number of rotatable bonds is 10. The van der Waals surface area contributed by atoms with Gasteiger partial charge in [-0.05, 0) is 68.9 Å². The minimum absolute atomic E-state index is 0.138. The van der Waals surface area contributed by atoms with Gasteiger partial charge in [0.15, 0.2) is 0 Å². The van der Waals surface area contributed by atoms with E-state index < -0.39 is 0 Å². The second-order valence-corrected chi connectivity index (χ2v) is 6.19. The van der Waals surface area contributed by atoms with Crippen molar-refractivity contribution in [2.24, 2.45) is 5.92 Å². The number of hydrogen-bond acceptors (Lipinski definition) is 2. The Kier molecular flexibility index (Phi) is 6.65. The van der Waals surface area contributed by atoms with Crippen molar-refractivity contribution in [3.8, 4) is 0 Å². The molecule has 1 atom stereocenters. The normalized spacial score (nSPS) is 16.4. The predicted octanol–water partition coefficient (Wildman–Crippen LogP) is 3.99. The largest absolute Gasteiger partial charge is 0.310 e. The van der Waals surface area contributed by atoms with Crippen LogP contribution in [-0.2, 0) is 0 Å². The average molecular weight is 292 g/mol. The van der Waals surface area contributed by atoms with Gasteiger partial charge in [0.2, 0.25) is 0 Å². The molecular weight excluding hydrogens is 263 g/mol. The summed E-state index contributed by atoms with van der Waals surface area (Å²) < 4.78 is 13.5. The van der Waals surface area contributed by atoms with Crippen molar-refractivity contribution in [1.82, 2.24) is 10.2 Å². The number of nitrogens with zero attached hydrogens (tertiary/aromatic N) is 1. The Balaban J connectivity index is 1.91. The summed E-state index contributed by atoms with van der Waals surface area (Å²) in [5.74, 6) is 0.794. The lowest BCUT2D eigenvalue weighted by Gasteiger charge is -2.25. The first-order valence-corrected chi connectivity index (χ1v) is 8.44. The van der Waals surface area contributed by atoms with Crippen LogP contribution in [0.25, 0.3) is 0 Å². The first kappa shape index (κ1) is 16.4. The standard InChI is InChI=1S/C18H29FN2/c1-3-11-20-18(16-6-5-7-17(19)13-16)10-12-21(4-2)14-15-8-9-15/h5-7,13,15,18,20H,3-4,8-12,14H2,1-2H3. The Bertz CT molecular complexity index is 417. The van der Waals surface area contributed by atoms with Crippen molar-refractivity contribution in [2.45, 2.75) is 45.6 Å². The molecule has 1 aromatic rings. The molecule has 2 rings (SSSR count). The Morgan fingerprint density at radius 3 is 2.76 bits per heavy atom. The fourth-order valence-electron chi connectivity index (χ4n) is 2.78. The minimum Gasteiger partial charge on any atom is -0.310 e. The third kappa shape index (κ3) is 5.76. The van der Waals surface area contributed by atoms with E-state index in [4.69, 9.17) is 0 Å². The highest BCUT2D eigenvalue weighted by atomic mass is 19.1. The molecule has 0 saturated heterocycles. The van der Waals surface area contributed by atoms with E-state index in [1.54, 1.807) is 6.07 Å². The van der Waals surface area contributed by atoms with Crippen LogP contribution in [0.2, 0.25) is 0 Å². The monoisotopic (exact) mass is 292 g/mol. The Morgan fingerprint density at radius 1 is 1.33 bits per heavy atom. The smallest absolute Gasteiger partial charge is 0.123 e. The van der Waals surface area contributed by atoms with Gasteiger partial charge in [-0.1, -0.05) is 26.0 Å². The molecule has 0 bridgehead atoms. The lowest BCUT2D eigenvalue weighted by Crippen LogP contribution is -2.31. The van der Waals surface area contributed by atoms with Gasteiger partial charge in [-0.3, -0.25) is 0 Å². The number of hydrogen-bond donors (Lipinski definition) is 1. The highest BCUT2D eigenvalue weighted by Crippen LogP contribution is 2.30. The molecule has 1 aliphatic carbocycles. The summed E-state index contributed by atoms with van der Waals surface area (Å²) in [6.45, 7) is 8.82. The Hall–Kier alpha value is -0.930. The van der Waals surface area contributed by atoms with Crippen molar-refractivity contribution in [1.29, 1.82) is 0 Å². The van der Waals surface area contributed by atoms with E-state index in [0.717, 1.165) is 44.0 Å². The number of benzene rings is 1. The first-order valence-electron chi connectivity index (χ1n) is 8.44. The summed E-state index contributed by atoms with van der Waals surface area (Å²) in [5, 5.41) is 3.57. The van der Waals surface area contributed by atoms with Gasteiger partial charge in [0, 0.05) is 12.6 Å². The molecule has 0 aromatic heterocycles. The van der Waals surface area contributed by atoms with Crippen LogP contribution in [0.5, 0.6) is 0 Å². The molecule has 1 aliphatic rings. The molecule has 0 radical (unpaired) electrons. The van der Waals surface area contributed by atoms with Gasteiger partial charge in [-0.2, -0.15) is 0 Å². The maximum absolute atomic E-state index is 13.5. The van der Waals surface area contributed by atoms with Gasteiger partial charge in [0.25, 0.3) is 0 Å². The van der Waals surface area contributed by atoms with Crippen LogP contribution >= 0.6 is 0 Å². The van der Waals surface area contributed by atoms with E-state index in [2.05, 4.69) is 24.1 Å². The summed E-state index contributed by atoms with van der Waals surface area (Å²) in [4.78, 5) is 2.54. The lowest BCUT2D eigenvalue weighted by molar-refractivity contribution is 0.258. The Labute approximate surface area is 128 Å². The van der Waals surface area contributed by atoms with Gasteiger partial charge in [0.1, 0.15) is 5.82 Å². The van der Waals surface area contributed by atoms with Crippen LogP contribution in [0.15, 0.2) is 24.3 Å². The van der Waals surface area contributed by atoms with Crippen molar-refractivity contribution in [2.75, 3.05) is 26.2 Å². The molecule has 1 N–H and O–H groups in total. The molecule has 0 spiro atoms. The zero-order chi connectivity index (χ0) is 15.1. The van der Waals surface area contributed by atoms with E-state index in [9.17, 15) is 4.39 Å². The average Bonchev–Trinajstić information content (AvgIpc) is 3.30. The van der Waals surface area contributed by atoms with E-state index in [0.29, 0.717) is 0 Å². The SMILES string of the molecule is CCCNC(CCN(CC)CC1CC1)c1cccc(F)c1. The van der Waals surface area contributed by atoms with Crippen LogP contribution in [0.3, 0.4) is 0 Å². The van der Waals surface area contributed by atoms with Crippen LogP contribution in [0.1, 0.15) is 51.1 Å². The van der Waals surface area contributed by atoms with Crippen molar-refractivity contribution in [3.63, 3.8) is 0 Å². The van der Waals surface area contributed by atoms with Gasteiger partial charge in [-0.25, -0.2) is 4.39 Å². The summed E-state index contributed by atoms with van der Waals surface area (Å²) >= 11 is 0. The van der Waals surface area contributed by atoms with Crippen LogP contribution in [0.4, 0.5) is 4.39 Å². The maximum Gasteiger partial charge on any atom is 0.123 e. The quantitative estimate of drug-likeness (QED) is 0.701. The van der Waals surface area contributed by atoms with Crippen LogP contribution in [-0.4, -0.2) is 31.1 Å². The highest BCUT2D eigenvalue weighted by molar-refractivity contribution is 5.20. The number of halogens is 1. The molecule has 21 heavy (non-hydrogen) atoms. The van der Waals surface area contributed by atoms with Crippen molar-refractivity contribution < 1.29 is 4.39 Å². The van der Waals surface area contributed by atoms with Crippen molar-refractivity contribution >= 4 is 0 Å². The summed E-state index contributed by atoms with van der Waals surface area (Å²) in [5.41, 5.74) is 1.07. The predicted molar refractivity (Wildman–Crippen MR) is 86.9 cm³/mol. The zero-order valence-electron chi connectivity index (χ0n) is 13.4. The molecule has 0 heterocycles. The molecule has 2 nitrogen and oxygen atoms in total. The molecule has 1 saturated carbocycles. The topological polar surface area (TPSA) is 15.3 Å². The van der Waals surface area contributed by atoms with E-state index >= 15 is 0 Å². The molecular formula is C18H29FN2. The minimum atomic E-state index is -0.138. The Morgan fingerprint density at radius 2 is 2.14 bits per heavy atom. The third-order valence-corrected chi connectivity index (χ3v) is 4.29. The summed E-state index contributed by atoms with van der Waals surface area (Å²) in [7, 11) is 0. The van der Waals surface area contributed by atoms with Gasteiger partial charge in [-0.15, -0.1) is 0 Å². The molecule has 1 aromatic carbocycles. The van der Waals surface area contributed by atoms with Gasteiger partial charge in [0.05, 0.1) is 0 Å². The van der Waals surface area contributed by atoms with Crippen LogP contribution in [0, 0.1) is 11.7 Å². The van der Waals surface area contributed by atoms with E-state index in [1.165, 1.54) is 25.5 Å². The third-order valence-electron chi connectivity index (χ3n) is 4.29. The summed E-state index contributed by atoms with van der Waals surface area (Å²) in [6.07, 6.45) is 4.95. The van der Waals surface area contributed by atoms with Crippen LogP contribution < -0.4 is 5.32 Å². The number of nitrogens with one attached hydrogen (secondary N) is 1. The van der Waals surface area contributed by atoms with Crippen molar-refractivity contribution in [3.05, 3.63) is 35.6 Å². The maximum atomic E-state index is 13.5. The second-order valence-electron chi connectivity index (χ2n) is 6.19. The molecule has 118 valence electrons. The lowest BCUT2D eigenvalue weighted by atomic mass is 10.0. The van der Waals surface area contributed by atoms with Gasteiger partial charge < -0.3 is 10.2 Å². The molecule has 1 unspecified atom stereocenters. The fourth-order valence-corrected chi connectivity index (χ4v) is 2.78. The van der Waals surface area contributed by atoms with Gasteiger partial charge >= 0.3 is 0 Å². The summed E-state index contributed by atoms with van der Waals surface area (Å²) in [6, 6.07) is 7.30. The van der Waals surface area contributed by atoms with E-state index in [-0.39, 0.29) is 11.9 Å². The molecule has 1 fully saturated rings. The molecule has 0 amide bonds. The molecule has 0 aliphatic heterocycles.